The van der Waals surface area contributed by atoms with Crippen LogP contribution in [0.25, 0.3) is 11.5 Å². The molecule has 0 radical (unpaired) electrons. The highest BCUT2D eigenvalue weighted by Gasteiger charge is 2.39. The third-order valence-corrected chi connectivity index (χ3v) is 4.08. The molecular formula is C16H21ClN4O3. The minimum Gasteiger partial charge on any atom is -0.483 e. The highest BCUT2D eigenvalue weighted by molar-refractivity contribution is 5.85. The van der Waals surface area contributed by atoms with Crippen LogP contribution in [0.2, 0.25) is 0 Å². The van der Waals surface area contributed by atoms with E-state index in [0.29, 0.717) is 23.0 Å². The van der Waals surface area contributed by atoms with E-state index in [0.717, 1.165) is 19.3 Å². The molecule has 1 aromatic heterocycles. The van der Waals surface area contributed by atoms with Crippen LogP contribution in [0.4, 0.5) is 0 Å². The second kappa shape index (κ2) is 7.19. The normalized spacial score (nSPS) is 15.1. The maximum absolute atomic E-state index is 11.7. The fraction of sp³-hybridized carbons (Fsp3) is 0.438. The molecule has 1 aliphatic carbocycles. The second-order valence-corrected chi connectivity index (χ2v) is 6.01. The predicted octanol–water partition coefficient (Wildman–Crippen LogP) is 1.96. The first-order valence-electron chi connectivity index (χ1n) is 7.55. The Kier molecular flexibility index (Phi) is 5.46. The SMILES string of the molecule is CN(C)C(=O)COc1ccccc1-c1nc(C2(N)CCC2)no1.Cl. The van der Waals surface area contributed by atoms with E-state index in [-0.39, 0.29) is 24.9 Å². The van der Waals surface area contributed by atoms with Gasteiger partial charge in [0.15, 0.2) is 12.4 Å². The van der Waals surface area contributed by atoms with Crippen LogP contribution in [0.15, 0.2) is 28.8 Å². The van der Waals surface area contributed by atoms with E-state index in [9.17, 15) is 4.79 Å². The minimum atomic E-state index is -0.474. The lowest BCUT2D eigenvalue weighted by Gasteiger charge is -2.34. The van der Waals surface area contributed by atoms with Crippen molar-refractivity contribution in [2.75, 3.05) is 20.7 Å². The maximum Gasteiger partial charge on any atom is 0.261 e. The summed E-state index contributed by atoms with van der Waals surface area (Å²) in [6.07, 6.45) is 2.80. The number of hydrogen-bond donors (Lipinski definition) is 1. The number of nitrogens with zero attached hydrogens (tertiary/aromatic N) is 3. The van der Waals surface area contributed by atoms with Gasteiger partial charge in [-0.1, -0.05) is 17.3 Å². The molecule has 1 saturated carbocycles. The smallest absolute Gasteiger partial charge is 0.261 e. The summed E-state index contributed by atoms with van der Waals surface area (Å²) >= 11 is 0. The van der Waals surface area contributed by atoms with Gasteiger partial charge in [0.1, 0.15) is 5.75 Å². The summed E-state index contributed by atoms with van der Waals surface area (Å²) < 4.78 is 11.0. The number of likely N-dealkylation sites (N-methyl/N-ethyl adjacent to an activating group) is 1. The Bertz CT molecular complexity index is 713. The van der Waals surface area contributed by atoms with Gasteiger partial charge in [0, 0.05) is 14.1 Å². The first-order valence-corrected chi connectivity index (χ1v) is 7.55. The fourth-order valence-corrected chi connectivity index (χ4v) is 2.35. The largest absolute Gasteiger partial charge is 0.483 e. The van der Waals surface area contributed by atoms with Crippen molar-refractivity contribution in [3.8, 4) is 17.2 Å². The Morgan fingerprint density at radius 2 is 2.08 bits per heavy atom. The molecule has 1 aromatic carbocycles. The molecule has 8 heteroatoms. The van der Waals surface area contributed by atoms with Crippen molar-refractivity contribution in [1.82, 2.24) is 15.0 Å². The number of amides is 1. The van der Waals surface area contributed by atoms with Crippen molar-refractivity contribution in [2.45, 2.75) is 24.8 Å². The Morgan fingerprint density at radius 1 is 1.38 bits per heavy atom. The number of rotatable bonds is 5. The number of ether oxygens (including phenoxy) is 1. The van der Waals surface area contributed by atoms with Crippen LogP contribution in [0.3, 0.4) is 0 Å². The molecular weight excluding hydrogens is 332 g/mol. The van der Waals surface area contributed by atoms with Gasteiger partial charge in [0.25, 0.3) is 11.8 Å². The van der Waals surface area contributed by atoms with Gasteiger partial charge in [-0.05, 0) is 31.4 Å². The summed E-state index contributed by atoms with van der Waals surface area (Å²) in [6.45, 7) is -0.0498. The quantitative estimate of drug-likeness (QED) is 0.884. The molecule has 2 aromatic rings. The topological polar surface area (TPSA) is 94.5 Å². The highest BCUT2D eigenvalue weighted by Crippen LogP contribution is 2.38. The summed E-state index contributed by atoms with van der Waals surface area (Å²) in [4.78, 5) is 17.6. The molecule has 3 rings (SSSR count). The Labute approximate surface area is 146 Å². The van der Waals surface area contributed by atoms with Crippen molar-refractivity contribution in [2.24, 2.45) is 5.73 Å². The molecule has 0 aliphatic heterocycles. The predicted molar refractivity (Wildman–Crippen MR) is 90.9 cm³/mol. The third kappa shape index (κ3) is 3.52. The molecule has 0 unspecified atom stereocenters. The van der Waals surface area contributed by atoms with Crippen LogP contribution < -0.4 is 10.5 Å². The Morgan fingerprint density at radius 3 is 2.71 bits per heavy atom. The summed E-state index contributed by atoms with van der Waals surface area (Å²) in [5.74, 6) is 1.28. The Balaban J connectivity index is 0.00000208. The summed E-state index contributed by atoms with van der Waals surface area (Å²) in [6, 6.07) is 7.26. The van der Waals surface area contributed by atoms with E-state index < -0.39 is 5.54 Å². The summed E-state index contributed by atoms with van der Waals surface area (Å²) in [7, 11) is 3.36. The molecule has 1 fully saturated rings. The lowest BCUT2D eigenvalue weighted by molar-refractivity contribution is -0.130. The molecule has 0 bridgehead atoms. The number of hydrogen-bond acceptors (Lipinski definition) is 6. The van der Waals surface area contributed by atoms with Crippen molar-refractivity contribution < 1.29 is 14.1 Å². The van der Waals surface area contributed by atoms with Crippen LogP contribution >= 0.6 is 12.4 Å². The Hall–Kier alpha value is -2.12. The third-order valence-electron chi connectivity index (χ3n) is 4.08. The first kappa shape index (κ1) is 18.2. The van der Waals surface area contributed by atoms with Crippen LogP contribution in [-0.4, -0.2) is 41.6 Å². The van der Waals surface area contributed by atoms with Crippen LogP contribution in [0.5, 0.6) is 5.75 Å². The molecule has 0 spiro atoms. The minimum absolute atomic E-state index is 0. The van der Waals surface area contributed by atoms with E-state index in [4.69, 9.17) is 15.0 Å². The van der Waals surface area contributed by atoms with E-state index in [1.807, 2.05) is 18.2 Å². The molecule has 0 atom stereocenters. The summed E-state index contributed by atoms with van der Waals surface area (Å²) in [5, 5.41) is 4.01. The molecule has 7 nitrogen and oxygen atoms in total. The highest BCUT2D eigenvalue weighted by atomic mass is 35.5. The van der Waals surface area contributed by atoms with E-state index in [1.165, 1.54) is 4.90 Å². The number of aromatic nitrogens is 2. The number of para-hydroxylation sites is 1. The van der Waals surface area contributed by atoms with Crippen molar-refractivity contribution in [3.05, 3.63) is 30.1 Å². The zero-order chi connectivity index (χ0) is 16.4. The average molecular weight is 353 g/mol. The standard InChI is InChI=1S/C16H20N4O3.ClH/c1-20(2)13(21)10-22-12-7-4-3-6-11(12)14-18-15(19-23-14)16(17)8-5-9-16;/h3-4,6-7H,5,8-10,17H2,1-2H3;1H. The lowest BCUT2D eigenvalue weighted by Crippen LogP contribution is -2.44. The molecule has 130 valence electrons. The monoisotopic (exact) mass is 352 g/mol. The number of benzene rings is 1. The van der Waals surface area contributed by atoms with E-state index in [1.54, 1.807) is 20.2 Å². The maximum atomic E-state index is 11.7. The fourth-order valence-electron chi connectivity index (χ4n) is 2.35. The van der Waals surface area contributed by atoms with Gasteiger partial charge < -0.3 is 19.9 Å². The van der Waals surface area contributed by atoms with Gasteiger partial charge in [-0.15, -0.1) is 12.4 Å². The lowest BCUT2D eigenvalue weighted by atomic mass is 9.77. The molecule has 2 N–H and O–H groups in total. The van der Waals surface area contributed by atoms with Gasteiger partial charge in [-0.25, -0.2) is 0 Å². The van der Waals surface area contributed by atoms with Crippen LogP contribution in [0.1, 0.15) is 25.1 Å². The van der Waals surface area contributed by atoms with Gasteiger partial charge in [0.2, 0.25) is 0 Å². The first-order chi connectivity index (χ1) is 11.0. The van der Waals surface area contributed by atoms with Gasteiger partial charge in [0.05, 0.1) is 11.1 Å². The van der Waals surface area contributed by atoms with Crippen LogP contribution in [-0.2, 0) is 10.3 Å². The van der Waals surface area contributed by atoms with Crippen molar-refractivity contribution in [1.29, 1.82) is 0 Å². The van der Waals surface area contributed by atoms with E-state index in [2.05, 4.69) is 10.1 Å². The molecule has 1 aliphatic rings. The second-order valence-electron chi connectivity index (χ2n) is 6.01. The van der Waals surface area contributed by atoms with Crippen molar-refractivity contribution in [3.63, 3.8) is 0 Å². The summed E-state index contributed by atoms with van der Waals surface area (Å²) in [5.41, 5.74) is 6.40. The molecule has 24 heavy (non-hydrogen) atoms. The number of carbonyl (C=O) groups is 1. The van der Waals surface area contributed by atoms with Crippen molar-refractivity contribution >= 4 is 18.3 Å². The number of halogens is 1. The average Bonchev–Trinajstić information content (AvgIpc) is 3.00. The van der Waals surface area contributed by atoms with E-state index >= 15 is 0 Å². The zero-order valence-electron chi connectivity index (χ0n) is 13.7. The van der Waals surface area contributed by atoms with Gasteiger partial charge in [-0.2, -0.15) is 4.98 Å². The number of nitrogens with two attached hydrogens (primary N) is 1. The number of carbonyl (C=O) groups excluding carboxylic acids is 1. The zero-order valence-corrected chi connectivity index (χ0v) is 14.5. The molecule has 1 amide bonds. The van der Waals surface area contributed by atoms with Crippen LogP contribution in [0, 0.1) is 0 Å². The van der Waals surface area contributed by atoms with Gasteiger partial charge >= 0.3 is 0 Å². The van der Waals surface area contributed by atoms with Gasteiger partial charge in [-0.3, -0.25) is 4.79 Å². The molecule has 1 heterocycles. The molecule has 0 saturated heterocycles.